The molecule has 0 heterocycles. The van der Waals surface area contributed by atoms with E-state index in [-0.39, 0.29) is 0 Å². The minimum Gasteiger partial charge on any atom is -0.481 e. The van der Waals surface area contributed by atoms with Gasteiger partial charge in [0.2, 0.25) is 0 Å². The van der Waals surface area contributed by atoms with Crippen LogP contribution in [0.15, 0.2) is 36.4 Å². The van der Waals surface area contributed by atoms with E-state index in [4.69, 9.17) is 5.11 Å². The van der Waals surface area contributed by atoms with Gasteiger partial charge in [-0.05, 0) is 5.56 Å². The van der Waals surface area contributed by atoms with Gasteiger partial charge < -0.3 is 5.11 Å². The van der Waals surface area contributed by atoms with Crippen LogP contribution in [0.5, 0.6) is 0 Å². The summed E-state index contributed by atoms with van der Waals surface area (Å²) in [5.74, 6) is -4.37. The second-order valence-electron chi connectivity index (χ2n) is 3.13. The van der Waals surface area contributed by atoms with Crippen molar-refractivity contribution in [2.24, 2.45) is 5.92 Å². The van der Waals surface area contributed by atoms with E-state index in [1.54, 1.807) is 30.3 Å². The first-order valence-corrected chi connectivity index (χ1v) is 4.44. The number of benzene rings is 1. The van der Waals surface area contributed by atoms with Crippen LogP contribution in [0, 0.1) is 5.92 Å². The van der Waals surface area contributed by atoms with Crippen LogP contribution in [-0.4, -0.2) is 17.3 Å². The maximum absolute atomic E-state index is 12.2. The van der Waals surface area contributed by atoms with Crippen LogP contribution in [-0.2, 0) is 4.79 Å². The highest BCUT2D eigenvalue weighted by atomic mass is 19.4. The molecule has 0 saturated heterocycles. The van der Waals surface area contributed by atoms with Gasteiger partial charge in [0.15, 0.2) is 5.92 Å². The lowest BCUT2D eigenvalue weighted by Gasteiger charge is -2.11. The summed E-state index contributed by atoms with van der Waals surface area (Å²) in [4.78, 5) is 10.4. The lowest BCUT2D eigenvalue weighted by Crippen LogP contribution is -2.28. The van der Waals surface area contributed by atoms with Gasteiger partial charge in [0, 0.05) is 0 Å². The van der Waals surface area contributed by atoms with Crippen molar-refractivity contribution < 1.29 is 23.1 Å². The molecule has 0 aliphatic rings. The zero-order chi connectivity index (χ0) is 12.2. The van der Waals surface area contributed by atoms with E-state index >= 15 is 0 Å². The van der Waals surface area contributed by atoms with Gasteiger partial charge in [-0.3, -0.25) is 4.79 Å². The second kappa shape index (κ2) is 4.83. The van der Waals surface area contributed by atoms with Crippen molar-refractivity contribution in [3.05, 3.63) is 42.0 Å². The van der Waals surface area contributed by atoms with Crippen LogP contribution >= 0.6 is 0 Å². The maximum Gasteiger partial charge on any atom is 0.405 e. The molecule has 0 saturated carbocycles. The average Bonchev–Trinajstić information content (AvgIpc) is 2.17. The van der Waals surface area contributed by atoms with Crippen molar-refractivity contribution in [1.29, 1.82) is 0 Å². The summed E-state index contributed by atoms with van der Waals surface area (Å²) in [7, 11) is 0. The Morgan fingerprint density at radius 3 is 2.25 bits per heavy atom. The van der Waals surface area contributed by atoms with Crippen molar-refractivity contribution in [3.8, 4) is 0 Å². The lowest BCUT2D eigenvalue weighted by molar-refractivity contribution is -0.183. The molecule has 2 nitrogen and oxygen atoms in total. The maximum atomic E-state index is 12.2. The highest BCUT2D eigenvalue weighted by Gasteiger charge is 2.43. The molecule has 0 amide bonds. The summed E-state index contributed by atoms with van der Waals surface area (Å²) in [5, 5.41) is 8.42. The Bertz CT molecular complexity index is 382. The van der Waals surface area contributed by atoms with Crippen LogP contribution in [0.4, 0.5) is 13.2 Å². The zero-order valence-corrected chi connectivity index (χ0v) is 8.11. The third-order valence-electron chi connectivity index (χ3n) is 1.90. The minimum atomic E-state index is -4.77. The fourth-order valence-corrected chi connectivity index (χ4v) is 1.10. The Morgan fingerprint density at radius 2 is 1.81 bits per heavy atom. The van der Waals surface area contributed by atoms with Crippen molar-refractivity contribution in [2.75, 3.05) is 0 Å². The van der Waals surface area contributed by atoms with E-state index in [0.717, 1.165) is 6.08 Å². The first kappa shape index (κ1) is 12.3. The molecular formula is C11H9F3O2. The molecule has 1 rings (SSSR count). The molecule has 1 aromatic carbocycles. The predicted molar refractivity (Wildman–Crippen MR) is 52.7 cm³/mol. The Labute approximate surface area is 90.0 Å². The average molecular weight is 230 g/mol. The molecular weight excluding hydrogens is 221 g/mol. The van der Waals surface area contributed by atoms with Crippen LogP contribution in [0.25, 0.3) is 6.08 Å². The third-order valence-corrected chi connectivity index (χ3v) is 1.90. The Hall–Kier alpha value is -1.78. The fraction of sp³-hybridized carbons (Fsp3) is 0.182. The normalized spacial score (nSPS) is 13.9. The number of carboxylic acid groups (broad SMARTS) is 1. The molecule has 0 radical (unpaired) electrons. The largest absolute Gasteiger partial charge is 0.481 e. The van der Waals surface area contributed by atoms with Gasteiger partial charge in [0.25, 0.3) is 0 Å². The molecule has 1 atom stereocenters. The number of rotatable bonds is 3. The first-order chi connectivity index (χ1) is 7.41. The summed E-state index contributed by atoms with van der Waals surface area (Å²) >= 11 is 0. The molecule has 0 spiro atoms. The molecule has 16 heavy (non-hydrogen) atoms. The summed E-state index contributed by atoms with van der Waals surface area (Å²) in [6.45, 7) is 0. The number of hydrogen-bond donors (Lipinski definition) is 1. The summed E-state index contributed by atoms with van der Waals surface area (Å²) < 4.78 is 36.7. The van der Waals surface area contributed by atoms with E-state index < -0.39 is 18.1 Å². The van der Waals surface area contributed by atoms with Gasteiger partial charge >= 0.3 is 12.1 Å². The van der Waals surface area contributed by atoms with Crippen LogP contribution in [0.2, 0.25) is 0 Å². The number of aliphatic carboxylic acids is 1. The van der Waals surface area contributed by atoms with Crippen molar-refractivity contribution >= 4 is 12.0 Å². The van der Waals surface area contributed by atoms with Crippen LogP contribution in [0.1, 0.15) is 5.56 Å². The van der Waals surface area contributed by atoms with E-state index in [1.807, 2.05) is 0 Å². The van der Waals surface area contributed by atoms with Crippen molar-refractivity contribution in [1.82, 2.24) is 0 Å². The molecule has 86 valence electrons. The van der Waals surface area contributed by atoms with Gasteiger partial charge in [-0.1, -0.05) is 42.5 Å². The number of carboxylic acids is 1. The molecule has 1 aromatic rings. The van der Waals surface area contributed by atoms with Crippen molar-refractivity contribution in [2.45, 2.75) is 6.18 Å². The molecule has 0 bridgehead atoms. The van der Waals surface area contributed by atoms with Gasteiger partial charge in [0.05, 0.1) is 0 Å². The lowest BCUT2D eigenvalue weighted by atomic mass is 10.1. The summed E-state index contributed by atoms with van der Waals surface area (Å²) in [5.41, 5.74) is 0.526. The van der Waals surface area contributed by atoms with Gasteiger partial charge in [-0.2, -0.15) is 13.2 Å². The molecule has 0 aliphatic heterocycles. The van der Waals surface area contributed by atoms with E-state index in [1.165, 1.54) is 0 Å². The van der Waals surface area contributed by atoms with E-state index in [9.17, 15) is 18.0 Å². The number of hydrogen-bond acceptors (Lipinski definition) is 1. The van der Waals surface area contributed by atoms with Crippen LogP contribution < -0.4 is 0 Å². The van der Waals surface area contributed by atoms with Gasteiger partial charge in [0.1, 0.15) is 0 Å². The molecule has 1 unspecified atom stereocenters. The van der Waals surface area contributed by atoms with E-state index in [0.29, 0.717) is 11.6 Å². The summed E-state index contributed by atoms with van der Waals surface area (Å²) in [6, 6.07) is 8.21. The van der Waals surface area contributed by atoms with Crippen molar-refractivity contribution in [3.63, 3.8) is 0 Å². The highest BCUT2D eigenvalue weighted by molar-refractivity contribution is 5.74. The zero-order valence-electron chi connectivity index (χ0n) is 8.11. The minimum absolute atomic E-state index is 0.526. The predicted octanol–water partition coefficient (Wildman–Crippen LogP) is 2.96. The molecule has 1 N–H and O–H groups in total. The molecule has 0 aliphatic carbocycles. The standard InChI is InChI=1S/C11H9F3O2/c12-11(13,14)9(10(15)16)7-6-8-4-2-1-3-5-8/h1-7,9H,(H,15,16)/b7-6-. The fourth-order valence-electron chi connectivity index (χ4n) is 1.10. The van der Waals surface area contributed by atoms with Gasteiger partial charge in [-0.15, -0.1) is 0 Å². The SMILES string of the molecule is O=C(O)C(/C=C\c1ccccc1)C(F)(F)F. The Kier molecular flexibility index (Phi) is 3.71. The summed E-state index contributed by atoms with van der Waals surface area (Å²) in [6.07, 6.45) is -2.99. The number of alkyl halides is 3. The van der Waals surface area contributed by atoms with Gasteiger partial charge in [-0.25, -0.2) is 0 Å². The second-order valence-corrected chi connectivity index (χ2v) is 3.13. The molecule has 0 fully saturated rings. The first-order valence-electron chi connectivity index (χ1n) is 4.44. The topological polar surface area (TPSA) is 37.3 Å². The third kappa shape index (κ3) is 3.42. The molecule has 5 heteroatoms. The highest BCUT2D eigenvalue weighted by Crippen LogP contribution is 2.28. The number of halogens is 3. The monoisotopic (exact) mass is 230 g/mol. The molecule has 0 aromatic heterocycles. The van der Waals surface area contributed by atoms with E-state index in [2.05, 4.69) is 0 Å². The number of carbonyl (C=O) groups is 1. The quantitative estimate of drug-likeness (QED) is 0.866. The van der Waals surface area contributed by atoms with Crippen LogP contribution in [0.3, 0.4) is 0 Å². The smallest absolute Gasteiger partial charge is 0.405 e. The Morgan fingerprint density at radius 1 is 1.25 bits per heavy atom. The Balaban J connectivity index is 2.85.